The van der Waals surface area contributed by atoms with Crippen LogP contribution in [0, 0.1) is 0 Å². The van der Waals surface area contributed by atoms with Crippen molar-refractivity contribution in [3.05, 3.63) is 48.6 Å². The molecule has 0 aromatic carbocycles. The normalized spacial score (nSPS) is 22.0. The van der Waals surface area contributed by atoms with E-state index in [2.05, 4.69) is 62.5 Å². The summed E-state index contributed by atoms with van der Waals surface area (Å²) in [5, 5.41) is 0. The fourth-order valence-electron chi connectivity index (χ4n) is 7.53. The lowest BCUT2D eigenvalue weighted by molar-refractivity contribution is -0.196. The zero-order valence-corrected chi connectivity index (χ0v) is 34.6. The molecule has 3 atom stereocenters. The first-order valence-corrected chi connectivity index (χ1v) is 22.3. The number of rotatable bonds is 34. The van der Waals surface area contributed by atoms with Gasteiger partial charge in [0.15, 0.2) is 5.79 Å². The molecule has 0 N–H and O–H groups in total. The van der Waals surface area contributed by atoms with Crippen LogP contribution in [0.4, 0.5) is 0 Å². The molecule has 5 heteroatoms. The van der Waals surface area contributed by atoms with E-state index >= 15 is 0 Å². The number of unbranched alkanes of at least 4 members (excludes halogenated alkanes) is 18. The van der Waals surface area contributed by atoms with E-state index < -0.39 is 5.79 Å². The van der Waals surface area contributed by atoms with Crippen LogP contribution in [0.3, 0.4) is 0 Å². The second kappa shape index (κ2) is 31.6. The van der Waals surface area contributed by atoms with Gasteiger partial charge in [-0.15, -0.1) is 0 Å². The van der Waals surface area contributed by atoms with Crippen LogP contribution in [0.5, 0.6) is 0 Å². The molecule has 2 aliphatic rings. The molecule has 0 radical (unpaired) electrons. The van der Waals surface area contributed by atoms with Crippen molar-refractivity contribution in [1.82, 2.24) is 4.90 Å². The Morgan fingerprint density at radius 1 is 0.577 bits per heavy atom. The van der Waals surface area contributed by atoms with E-state index in [4.69, 9.17) is 14.2 Å². The van der Waals surface area contributed by atoms with E-state index in [0.29, 0.717) is 6.42 Å². The minimum absolute atomic E-state index is 0.0563. The summed E-state index contributed by atoms with van der Waals surface area (Å²) < 4.78 is 19.4. The Morgan fingerprint density at radius 3 is 1.37 bits per heavy atom. The summed E-state index contributed by atoms with van der Waals surface area (Å²) in [6.45, 7) is 5.24. The molecule has 0 bridgehead atoms. The zero-order chi connectivity index (χ0) is 37.4. The van der Waals surface area contributed by atoms with Crippen molar-refractivity contribution >= 4 is 5.97 Å². The van der Waals surface area contributed by atoms with Crippen molar-refractivity contribution in [2.75, 3.05) is 20.6 Å². The first kappa shape index (κ1) is 46.5. The van der Waals surface area contributed by atoms with E-state index in [1.54, 1.807) is 0 Å². The van der Waals surface area contributed by atoms with Gasteiger partial charge in [0.25, 0.3) is 0 Å². The number of hydrogen-bond donors (Lipinski definition) is 0. The van der Waals surface area contributed by atoms with Gasteiger partial charge >= 0.3 is 5.97 Å². The SMILES string of the molecule is CCCCCC=CCC=CCCCCCCCCC1(CCCCCCCCC=CCC=CCCCCC)O[C@H]2CC(OC(=O)CCN(C)C)C[C@H]2O1. The standard InChI is InChI=1S/C47H83NO4/c1-5-7-9-11-13-15-17-19-21-23-25-27-29-31-33-35-38-47(51-44-41-43(42-45(44)52-47)50-46(49)37-40-48(3)4)39-36-34-32-30-28-26-24-22-20-18-16-14-12-10-8-6-2/h13-16,19-22,43-45H,5-12,17-18,23-42H2,1-4H3/t43?,44-,45+,47?. The minimum atomic E-state index is -0.445. The number of nitrogens with zero attached hydrogens (tertiary/aromatic N) is 1. The molecule has 0 aromatic rings. The second-order valence-electron chi connectivity index (χ2n) is 16.0. The third-order valence-corrected chi connectivity index (χ3v) is 10.7. The summed E-state index contributed by atoms with van der Waals surface area (Å²) in [5.41, 5.74) is 0. The fraction of sp³-hybridized carbons (Fsp3) is 0.809. The van der Waals surface area contributed by atoms with Crippen LogP contribution in [-0.2, 0) is 19.0 Å². The molecule has 1 saturated carbocycles. The summed E-state index contributed by atoms with van der Waals surface area (Å²) in [5.74, 6) is -0.549. The van der Waals surface area contributed by atoms with Crippen molar-refractivity contribution in [2.45, 2.75) is 224 Å². The van der Waals surface area contributed by atoms with Crippen LogP contribution in [0.25, 0.3) is 0 Å². The van der Waals surface area contributed by atoms with Gasteiger partial charge < -0.3 is 19.1 Å². The monoisotopic (exact) mass is 726 g/mol. The van der Waals surface area contributed by atoms with Crippen molar-refractivity contribution in [3.63, 3.8) is 0 Å². The Balaban J connectivity index is 1.64. The number of hydrogen-bond acceptors (Lipinski definition) is 5. The maximum Gasteiger partial charge on any atom is 0.307 e. The van der Waals surface area contributed by atoms with E-state index in [0.717, 1.165) is 57.9 Å². The van der Waals surface area contributed by atoms with Crippen LogP contribution in [-0.4, -0.2) is 55.6 Å². The van der Waals surface area contributed by atoms with Gasteiger partial charge in [-0.25, -0.2) is 0 Å². The zero-order valence-electron chi connectivity index (χ0n) is 34.6. The number of allylic oxidation sites excluding steroid dienone is 8. The first-order chi connectivity index (χ1) is 25.5. The summed E-state index contributed by atoms with van der Waals surface area (Å²) in [6, 6.07) is 0. The molecule has 2 rings (SSSR count). The van der Waals surface area contributed by atoms with Gasteiger partial charge in [0.05, 0.1) is 18.6 Å². The molecule has 1 unspecified atom stereocenters. The van der Waals surface area contributed by atoms with E-state index in [1.165, 1.54) is 128 Å². The predicted molar refractivity (Wildman–Crippen MR) is 223 cm³/mol. The molecule has 0 aromatic heterocycles. The van der Waals surface area contributed by atoms with Crippen molar-refractivity contribution in [3.8, 4) is 0 Å². The topological polar surface area (TPSA) is 48.0 Å². The maximum atomic E-state index is 12.4. The number of carbonyl (C=O) groups excluding carboxylic acids is 1. The van der Waals surface area contributed by atoms with Crippen molar-refractivity contribution in [2.24, 2.45) is 0 Å². The van der Waals surface area contributed by atoms with Crippen LogP contribution in [0.1, 0.15) is 200 Å². The van der Waals surface area contributed by atoms with Crippen LogP contribution in [0.2, 0.25) is 0 Å². The van der Waals surface area contributed by atoms with Crippen molar-refractivity contribution in [1.29, 1.82) is 0 Å². The third kappa shape index (κ3) is 23.9. The Hall–Kier alpha value is -1.69. The molecule has 0 amide bonds. The third-order valence-electron chi connectivity index (χ3n) is 10.7. The molecule has 1 heterocycles. The average molecular weight is 726 g/mol. The van der Waals surface area contributed by atoms with Gasteiger partial charge in [0.1, 0.15) is 6.10 Å². The quantitative estimate of drug-likeness (QED) is 0.0375. The lowest BCUT2D eigenvalue weighted by atomic mass is 9.98. The molecule has 300 valence electrons. The van der Waals surface area contributed by atoms with Gasteiger partial charge in [0.2, 0.25) is 0 Å². The number of fused-ring (bicyclic) bond motifs is 1. The van der Waals surface area contributed by atoms with Gasteiger partial charge in [0, 0.05) is 32.2 Å². The highest BCUT2D eigenvalue weighted by atomic mass is 16.8. The van der Waals surface area contributed by atoms with Crippen LogP contribution >= 0.6 is 0 Å². The molecule has 2 fully saturated rings. The van der Waals surface area contributed by atoms with Gasteiger partial charge in [-0.3, -0.25) is 4.79 Å². The van der Waals surface area contributed by atoms with E-state index in [-0.39, 0.29) is 24.3 Å². The van der Waals surface area contributed by atoms with Crippen LogP contribution < -0.4 is 0 Å². The molecular weight excluding hydrogens is 643 g/mol. The fourth-order valence-corrected chi connectivity index (χ4v) is 7.53. The highest BCUT2D eigenvalue weighted by Crippen LogP contribution is 2.44. The molecule has 52 heavy (non-hydrogen) atoms. The Labute approximate surface area is 322 Å². The predicted octanol–water partition coefficient (Wildman–Crippen LogP) is 13.5. The maximum absolute atomic E-state index is 12.4. The molecular formula is C47H83NO4. The molecule has 1 aliphatic carbocycles. The van der Waals surface area contributed by atoms with Gasteiger partial charge in [-0.05, 0) is 91.1 Å². The minimum Gasteiger partial charge on any atom is -0.462 e. The van der Waals surface area contributed by atoms with Crippen molar-refractivity contribution < 1.29 is 19.0 Å². The average Bonchev–Trinajstić information content (AvgIpc) is 3.65. The van der Waals surface area contributed by atoms with Gasteiger partial charge in [-0.2, -0.15) is 0 Å². The molecule has 5 nitrogen and oxygen atoms in total. The van der Waals surface area contributed by atoms with Crippen LogP contribution in [0.15, 0.2) is 48.6 Å². The Bertz CT molecular complexity index is 904. The number of ether oxygens (including phenoxy) is 3. The molecule has 0 spiro atoms. The van der Waals surface area contributed by atoms with E-state index in [9.17, 15) is 4.79 Å². The number of esters is 1. The largest absolute Gasteiger partial charge is 0.462 e. The molecule has 1 aliphatic heterocycles. The molecule has 1 saturated heterocycles. The summed E-state index contributed by atoms with van der Waals surface area (Å²) in [6.07, 6.45) is 53.0. The summed E-state index contributed by atoms with van der Waals surface area (Å²) in [7, 11) is 3.97. The first-order valence-electron chi connectivity index (χ1n) is 22.3. The summed E-state index contributed by atoms with van der Waals surface area (Å²) >= 11 is 0. The van der Waals surface area contributed by atoms with E-state index in [1.807, 2.05) is 19.0 Å². The smallest absolute Gasteiger partial charge is 0.307 e. The highest BCUT2D eigenvalue weighted by Gasteiger charge is 2.52. The lowest BCUT2D eigenvalue weighted by Crippen LogP contribution is -2.33. The van der Waals surface area contributed by atoms with Gasteiger partial charge in [-0.1, -0.05) is 140 Å². The lowest BCUT2D eigenvalue weighted by Gasteiger charge is -2.30. The summed E-state index contributed by atoms with van der Waals surface area (Å²) in [4.78, 5) is 14.4. The number of carbonyl (C=O) groups is 1. The highest BCUT2D eigenvalue weighted by molar-refractivity contribution is 5.69. The second-order valence-corrected chi connectivity index (χ2v) is 16.0. The Morgan fingerprint density at radius 2 is 0.962 bits per heavy atom. The Kier molecular flexibility index (Phi) is 28.3.